The van der Waals surface area contributed by atoms with E-state index in [1.165, 1.54) is 25.3 Å². The monoisotopic (exact) mass is 284 g/mol. The number of aliphatic carboxylic acids is 2. The fourth-order valence-electron chi connectivity index (χ4n) is 1.80. The molecule has 110 valence electrons. The minimum Gasteiger partial charge on any atom is -0.496 e. The molecule has 2 unspecified atom stereocenters. The predicted octanol–water partition coefficient (Wildman–Crippen LogP) is 0.191. The van der Waals surface area contributed by atoms with E-state index in [4.69, 9.17) is 14.9 Å². The molecule has 7 nitrogen and oxygen atoms in total. The van der Waals surface area contributed by atoms with E-state index in [9.17, 15) is 19.8 Å². The van der Waals surface area contributed by atoms with Crippen molar-refractivity contribution in [1.82, 2.24) is 0 Å². The highest BCUT2D eigenvalue weighted by molar-refractivity contribution is 5.71. The Bertz CT molecular complexity index is 497. The lowest BCUT2D eigenvalue weighted by molar-refractivity contribution is -0.141. The lowest BCUT2D eigenvalue weighted by atomic mass is 9.98. The van der Waals surface area contributed by atoms with Crippen molar-refractivity contribution in [2.45, 2.75) is 25.0 Å². The number of ether oxygens (including phenoxy) is 1. The number of aliphatic hydroxyl groups is 2. The average Bonchev–Trinajstić information content (AvgIpc) is 2.36. The lowest BCUT2D eigenvalue weighted by Gasteiger charge is -2.18. The zero-order chi connectivity index (χ0) is 15.3. The summed E-state index contributed by atoms with van der Waals surface area (Å²) in [6.07, 6.45) is -3.80. The van der Waals surface area contributed by atoms with Gasteiger partial charge in [-0.25, -0.2) is 0 Å². The molecule has 1 rings (SSSR count). The van der Waals surface area contributed by atoms with Crippen molar-refractivity contribution >= 4 is 11.9 Å². The number of methoxy groups -OCH3 is 1. The molecule has 0 aliphatic heterocycles. The molecule has 0 heterocycles. The number of aliphatic hydroxyl groups excluding tert-OH is 2. The summed E-state index contributed by atoms with van der Waals surface area (Å²) in [6, 6.07) is 4.28. The van der Waals surface area contributed by atoms with Crippen molar-refractivity contribution in [2.75, 3.05) is 7.11 Å². The van der Waals surface area contributed by atoms with Gasteiger partial charge in [-0.1, -0.05) is 6.07 Å². The fraction of sp³-hybridized carbons (Fsp3) is 0.385. The van der Waals surface area contributed by atoms with Crippen LogP contribution in [-0.2, 0) is 16.0 Å². The molecule has 4 N–H and O–H groups in total. The van der Waals surface area contributed by atoms with E-state index in [0.29, 0.717) is 11.3 Å². The van der Waals surface area contributed by atoms with Gasteiger partial charge in [-0.05, 0) is 17.7 Å². The Kier molecular flexibility index (Phi) is 5.48. The zero-order valence-electron chi connectivity index (χ0n) is 10.8. The van der Waals surface area contributed by atoms with Crippen LogP contribution in [0.5, 0.6) is 5.75 Å². The molecule has 7 heteroatoms. The molecule has 1 aromatic rings. The highest BCUT2D eigenvalue weighted by Gasteiger charge is 2.22. The van der Waals surface area contributed by atoms with Gasteiger partial charge in [-0.3, -0.25) is 9.59 Å². The molecule has 0 aromatic heterocycles. The number of benzene rings is 1. The maximum Gasteiger partial charge on any atom is 0.307 e. The minimum atomic E-state index is -1.47. The molecule has 0 radical (unpaired) electrons. The molecular weight excluding hydrogens is 268 g/mol. The second-order valence-corrected chi connectivity index (χ2v) is 4.25. The Morgan fingerprint density at radius 3 is 2.35 bits per heavy atom. The second-order valence-electron chi connectivity index (χ2n) is 4.25. The number of carbonyl (C=O) groups is 2. The zero-order valence-corrected chi connectivity index (χ0v) is 10.8. The van der Waals surface area contributed by atoms with Gasteiger partial charge in [0.1, 0.15) is 11.9 Å². The molecule has 20 heavy (non-hydrogen) atoms. The Labute approximate surface area is 115 Å². The van der Waals surface area contributed by atoms with E-state index in [1.54, 1.807) is 0 Å². The molecule has 2 atom stereocenters. The van der Waals surface area contributed by atoms with Crippen LogP contribution in [0.4, 0.5) is 0 Å². The summed E-state index contributed by atoms with van der Waals surface area (Å²) in [6.45, 7) is 0. The van der Waals surface area contributed by atoms with Crippen molar-refractivity contribution in [2.24, 2.45) is 0 Å². The van der Waals surface area contributed by atoms with E-state index >= 15 is 0 Å². The van der Waals surface area contributed by atoms with Crippen LogP contribution in [0.3, 0.4) is 0 Å². The predicted molar refractivity (Wildman–Crippen MR) is 67.6 cm³/mol. The van der Waals surface area contributed by atoms with Crippen molar-refractivity contribution < 1.29 is 34.8 Å². The Morgan fingerprint density at radius 2 is 1.85 bits per heavy atom. The topological polar surface area (TPSA) is 124 Å². The van der Waals surface area contributed by atoms with Gasteiger partial charge in [0.2, 0.25) is 0 Å². The van der Waals surface area contributed by atoms with Crippen molar-refractivity contribution in [3.05, 3.63) is 29.3 Å². The van der Waals surface area contributed by atoms with Crippen LogP contribution >= 0.6 is 0 Å². The van der Waals surface area contributed by atoms with Crippen LogP contribution in [0.25, 0.3) is 0 Å². The van der Waals surface area contributed by atoms with Crippen LogP contribution in [-0.4, -0.2) is 45.6 Å². The van der Waals surface area contributed by atoms with Gasteiger partial charge >= 0.3 is 11.9 Å². The second kappa shape index (κ2) is 6.88. The normalized spacial score (nSPS) is 13.6. The van der Waals surface area contributed by atoms with Crippen LogP contribution in [0, 0.1) is 0 Å². The van der Waals surface area contributed by atoms with E-state index in [2.05, 4.69) is 0 Å². The van der Waals surface area contributed by atoms with E-state index in [1.807, 2.05) is 0 Å². The van der Waals surface area contributed by atoms with Gasteiger partial charge in [-0.15, -0.1) is 0 Å². The quantitative estimate of drug-likeness (QED) is 0.563. The summed E-state index contributed by atoms with van der Waals surface area (Å²) in [5.74, 6) is -1.96. The third kappa shape index (κ3) is 4.22. The first-order chi connectivity index (χ1) is 9.35. The fourth-order valence-corrected chi connectivity index (χ4v) is 1.80. The largest absolute Gasteiger partial charge is 0.496 e. The highest BCUT2D eigenvalue weighted by atomic mass is 16.5. The van der Waals surface area contributed by atoms with Crippen molar-refractivity contribution in [1.29, 1.82) is 0 Å². The molecule has 0 saturated heterocycles. The summed E-state index contributed by atoms with van der Waals surface area (Å²) in [5.41, 5.74) is 0.565. The smallest absolute Gasteiger partial charge is 0.307 e. The minimum absolute atomic E-state index is 0.232. The molecule has 1 aromatic carbocycles. The number of carboxylic acids is 2. The molecule has 0 amide bonds. The lowest BCUT2D eigenvalue weighted by Crippen LogP contribution is -2.22. The summed E-state index contributed by atoms with van der Waals surface area (Å²) in [5, 5.41) is 36.8. The van der Waals surface area contributed by atoms with Gasteiger partial charge in [-0.2, -0.15) is 0 Å². The van der Waals surface area contributed by atoms with Crippen molar-refractivity contribution in [3.63, 3.8) is 0 Å². The average molecular weight is 284 g/mol. The van der Waals surface area contributed by atoms with Crippen LogP contribution < -0.4 is 4.74 Å². The molecule has 0 spiro atoms. The molecule has 0 aliphatic carbocycles. The molecule has 0 aliphatic rings. The SMILES string of the molecule is COc1ccc(C(O)C(O)CC(=O)O)cc1CC(=O)O. The summed E-state index contributed by atoms with van der Waals surface area (Å²) >= 11 is 0. The number of carboxylic acid groups (broad SMARTS) is 2. The van der Waals surface area contributed by atoms with Gasteiger partial charge in [0.05, 0.1) is 26.1 Å². The number of rotatable bonds is 7. The molecule has 0 fully saturated rings. The first-order valence-corrected chi connectivity index (χ1v) is 5.81. The van der Waals surface area contributed by atoms with Gasteiger partial charge < -0.3 is 25.2 Å². The summed E-state index contributed by atoms with van der Waals surface area (Å²) in [4.78, 5) is 21.2. The van der Waals surface area contributed by atoms with Gasteiger partial charge in [0.25, 0.3) is 0 Å². The Hall–Kier alpha value is -2.12. The van der Waals surface area contributed by atoms with Crippen LogP contribution in [0.1, 0.15) is 23.7 Å². The van der Waals surface area contributed by atoms with Crippen LogP contribution in [0.15, 0.2) is 18.2 Å². The third-order valence-electron chi connectivity index (χ3n) is 2.74. The van der Waals surface area contributed by atoms with E-state index < -0.39 is 30.6 Å². The number of hydrogen-bond donors (Lipinski definition) is 4. The first kappa shape index (κ1) is 15.9. The number of hydrogen-bond acceptors (Lipinski definition) is 5. The van der Waals surface area contributed by atoms with E-state index in [0.717, 1.165) is 0 Å². The van der Waals surface area contributed by atoms with Crippen LogP contribution in [0.2, 0.25) is 0 Å². The molecular formula is C13H16O7. The van der Waals surface area contributed by atoms with Gasteiger partial charge in [0.15, 0.2) is 0 Å². The maximum absolute atomic E-state index is 10.8. The first-order valence-electron chi connectivity index (χ1n) is 5.81. The third-order valence-corrected chi connectivity index (χ3v) is 2.74. The molecule has 0 bridgehead atoms. The highest BCUT2D eigenvalue weighted by Crippen LogP contribution is 2.26. The standard InChI is InChI=1S/C13H16O7/c1-20-10-3-2-7(4-8(10)5-11(15)16)13(19)9(14)6-12(17)18/h2-4,9,13-14,19H,5-6H2,1H3,(H,15,16)(H,17,18). The molecule has 0 saturated carbocycles. The summed E-state index contributed by atoms with van der Waals surface area (Å²) in [7, 11) is 1.38. The Morgan fingerprint density at radius 1 is 1.20 bits per heavy atom. The van der Waals surface area contributed by atoms with Gasteiger partial charge in [0, 0.05) is 5.56 Å². The van der Waals surface area contributed by atoms with E-state index in [-0.39, 0.29) is 12.0 Å². The summed E-state index contributed by atoms with van der Waals surface area (Å²) < 4.78 is 5.00. The maximum atomic E-state index is 10.8. The van der Waals surface area contributed by atoms with Crippen molar-refractivity contribution in [3.8, 4) is 5.75 Å². The Balaban J connectivity index is 3.00.